The lowest BCUT2D eigenvalue weighted by Gasteiger charge is -2.24. The van der Waals surface area contributed by atoms with Gasteiger partial charge in [0.1, 0.15) is 11.6 Å². The normalized spacial score (nSPS) is 14.7. The fourth-order valence-corrected chi connectivity index (χ4v) is 3.24. The number of nitrogens with one attached hydrogen (secondary N) is 2. The van der Waals surface area contributed by atoms with Gasteiger partial charge in [0.05, 0.1) is 6.04 Å². The number of benzene rings is 2. The minimum Gasteiger partial charge on any atom is -0.345 e. The van der Waals surface area contributed by atoms with E-state index in [4.69, 9.17) is 0 Å². The van der Waals surface area contributed by atoms with Crippen LogP contribution in [0, 0.1) is 17.6 Å². The van der Waals surface area contributed by atoms with Crippen LogP contribution < -0.4 is 10.6 Å². The van der Waals surface area contributed by atoms with E-state index in [0.29, 0.717) is 12.3 Å². The summed E-state index contributed by atoms with van der Waals surface area (Å²) in [6.45, 7) is 1.88. The molecule has 1 fully saturated rings. The standard InChI is InChI=1S/C20H22F2N2O.ClH/c21-17-5-1-15(2-6-17)20(16-3-7-18(22)8-4-16)24-19(25)13-14-9-11-23-12-10-14;/h1-8,14,20,23H,9-13H2,(H,24,25);1H. The van der Waals surface area contributed by atoms with Gasteiger partial charge in [-0.15, -0.1) is 12.4 Å². The molecular weight excluding hydrogens is 358 g/mol. The van der Waals surface area contributed by atoms with Gasteiger partial charge in [-0.05, 0) is 67.2 Å². The first-order valence-electron chi connectivity index (χ1n) is 8.63. The summed E-state index contributed by atoms with van der Waals surface area (Å²) in [5.74, 6) is -0.320. The fourth-order valence-electron chi connectivity index (χ4n) is 3.24. The Labute approximate surface area is 158 Å². The third-order valence-corrected chi connectivity index (χ3v) is 4.64. The molecule has 1 aliphatic heterocycles. The van der Waals surface area contributed by atoms with E-state index >= 15 is 0 Å². The van der Waals surface area contributed by atoms with Gasteiger partial charge in [0, 0.05) is 6.42 Å². The Morgan fingerprint density at radius 3 is 1.88 bits per heavy atom. The summed E-state index contributed by atoms with van der Waals surface area (Å²) in [6, 6.07) is 11.6. The van der Waals surface area contributed by atoms with E-state index in [1.165, 1.54) is 24.3 Å². The number of hydrogen-bond donors (Lipinski definition) is 2. The monoisotopic (exact) mass is 380 g/mol. The molecule has 1 amide bonds. The molecule has 6 heteroatoms. The van der Waals surface area contributed by atoms with Crippen LogP contribution in [0.25, 0.3) is 0 Å². The van der Waals surface area contributed by atoms with Crippen LogP contribution in [0.2, 0.25) is 0 Å². The average molecular weight is 381 g/mol. The van der Waals surface area contributed by atoms with E-state index in [9.17, 15) is 13.6 Å². The summed E-state index contributed by atoms with van der Waals surface area (Å²) in [6.07, 6.45) is 2.46. The van der Waals surface area contributed by atoms with Gasteiger partial charge in [-0.1, -0.05) is 24.3 Å². The van der Waals surface area contributed by atoms with Crippen molar-refractivity contribution in [3.8, 4) is 0 Å². The van der Waals surface area contributed by atoms with E-state index < -0.39 is 6.04 Å². The van der Waals surface area contributed by atoms with Crippen LogP contribution in [0.4, 0.5) is 8.78 Å². The lowest BCUT2D eigenvalue weighted by Crippen LogP contribution is -2.34. The molecular formula is C20H23ClF2N2O. The van der Waals surface area contributed by atoms with Crippen molar-refractivity contribution in [1.82, 2.24) is 10.6 Å². The van der Waals surface area contributed by atoms with Crippen molar-refractivity contribution in [2.75, 3.05) is 13.1 Å². The van der Waals surface area contributed by atoms with Crippen molar-refractivity contribution in [2.24, 2.45) is 5.92 Å². The number of carbonyl (C=O) groups is 1. The molecule has 0 unspecified atom stereocenters. The molecule has 0 radical (unpaired) electrons. The third-order valence-electron chi connectivity index (χ3n) is 4.64. The zero-order chi connectivity index (χ0) is 17.6. The molecule has 2 aromatic rings. The number of halogens is 3. The number of piperidine rings is 1. The molecule has 1 heterocycles. The Balaban J connectivity index is 0.00000243. The number of amides is 1. The van der Waals surface area contributed by atoms with Gasteiger partial charge < -0.3 is 10.6 Å². The van der Waals surface area contributed by atoms with Crippen LogP contribution >= 0.6 is 12.4 Å². The Hall–Kier alpha value is -1.98. The second-order valence-electron chi connectivity index (χ2n) is 6.50. The topological polar surface area (TPSA) is 41.1 Å². The molecule has 3 nitrogen and oxygen atoms in total. The molecule has 1 aliphatic rings. The van der Waals surface area contributed by atoms with Crippen LogP contribution in [0.15, 0.2) is 48.5 Å². The van der Waals surface area contributed by atoms with Gasteiger partial charge in [-0.3, -0.25) is 4.79 Å². The Bertz CT molecular complexity index is 655. The van der Waals surface area contributed by atoms with Crippen LogP contribution in [0.1, 0.15) is 36.4 Å². The second kappa shape index (κ2) is 9.64. The molecule has 0 aliphatic carbocycles. The first kappa shape index (κ1) is 20.3. The Morgan fingerprint density at radius 1 is 0.962 bits per heavy atom. The van der Waals surface area contributed by atoms with Gasteiger partial charge in [0.15, 0.2) is 0 Å². The maximum absolute atomic E-state index is 13.2. The van der Waals surface area contributed by atoms with E-state index in [-0.39, 0.29) is 29.9 Å². The van der Waals surface area contributed by atoms with E-state index in [0.717, 1.165) is 37.1 Å². The van der Waals surface area contributed by atoms with Gasteiger partial charge >= 0.3 is 0 Å². The van der Waals surface area contributed by atoms with Crippen LogP contribution in [-0.2, 0) is 4.79 Å². The van der Waals surface area contributed by atoms with Crippen LogP contribution in [0.3, 0.4) is 0 Å². The summed E-state index contributed by atoms with van der Waals surface area (Å²) < 4.78 is 26.5. The lowest BCUT2D eigenvalue weighted by atomic mass is 9.93. The predicted octanol–water partition coefficient (Wildman–Crippen LogP) is 3.98. The fraction of sp³-hybridized carbons (Fsp3) is 0.350. The van der Waals surface area contributed by atoms with E-state index in [1.54, 1.807) is 24.3 Å². The maximum Gasteiger partial charge on any atom is 0.221 e. The zero-order valence-corrected chi connectivity index (χ0v) is 15.2. The van der Waals surface area contributed by atoms with Crippen molar-refractivity contribution in [1.29, 1.82) is 0 Å². The van der Waals surface area contributed by atoms with Crippen molar-refractivity contribution >= 4 is 18.3 Å². The predicted molar refractivity (Wildman–Crippen MR) is 100 cm³/mol. The van der Waals surface area contributed by atoms with Gasteiger partial charge in [-0.2, -0.15) is 0 Å². The first-order chi connectivity index (χ1) is 12.1. The molecule has 26 heavy (non-hydrogen) atoms. The first-order valence-corrected chi connectivity index (χ1v) is 8.63. The van der Waals surface area contributed by atoms with Crippen molar-refractivity contribution in [3.63, 3.8) is 0 Å². The third kappa shape index (κ3) is 5.51. The minimum atomic E-state index is -0.421. The summed E-state index contributed by atoms with van der Waals surface area (Å²) in [5, 5.41) is 6.32. The molecule has 2 N–H and O–H groups in total. The second-order valence-corrected chi connectivity index (χ2v) is 6.50. The molecule has 140 valence electrons. The molecule has 2 aromatic carbocycles. The van der Waals surface area contributed by atoms with Crippen molar-refractivity contribution in [2.45, 2.75) is 25.3 Å². The van der Waals surface area contributed by atoms with Crippen LogP contribution in [-0.4, -0.2) is 19.0 Å². The molecule has 3 rings (SSSR count). The molecule has 0 saturated carbocycles. The van der Waals surface area contributed by atoms with Crippen LogP contribution in [0.5, 0.6) is 0 Å². The highest BCUT2D eigenvalue weighted by molar-refractivity contribution is 5.85. The van der Waals surface area contributed by atoms with Gasteiger partial charge in [-0.25, -0.2) is 8.78 Å². The summed E-state index contributed by atoms with van der Waals surface area (Å²) in [5.41, 5.74) is 1.54. The quantitative estimate of drug-likeness (QED) is 0.823. The summed E-state index contributed by atoms with van der Waals surface area (Å²) >= 11 is 0. The van der Waals surface area contributed by atoms with Gasteiger partial charge in [0.2, 0.25) is 5.91 Å². The SMILES string of the molecule is Cl.O=C(CC1CCNCC1)NC(c1ccc(F)cc1)c1ccc(F)cc1. The number of hydrogen-bond acceptors (Lipinski definition) is 2. The van der Waals surface area contributed by atoms with E-state index in [2.05, 4.69) is 10.6 Å². The maximum atomic E-state index is 13.2. The highest BCUT2D eigenvalue weighted by atomic mass is 35.5. The summed E-state index contributed by atoms with van der Waals surface area (Å²) in [7, 11) is 0. The zero-order valence-electron chi connectivity index (χ0n) is 14.4. The average Bonchev–Trinajstić information content (AvgIpc) is 2.62. The largest absolute Gasteiger partial charge is 0.345 e. The smallest absolute Gasteiger partial charge is 0.221 e. The lowest BCUT2D eigenvalue weighted by molar-refractivity contribution is -0.122. The van der Waals surface area contributed by atoms with Gasteiger partial charge in [0.25, 0.3) is 0 Å². The Kier molecular flexibility index (Phi) is 7.54. The molecule has 0 spiro atoms. The number of rotatable bonds is 5. The highest BCUT2D eigenvalue weighted by Gasteiger charge is 2.21. The molecule has 0 bridgehead atoms. The summed E-state index contributed by atoms with van der Waals surface area (Å²) in [4.78, 5) is 12.5. The molecule has 1 saturated heterocycles. The molecule has 0 atom stereocenters. The number of carbonyl (C=O) groups excluding carboxylic acids is 1. The highest BCUT2D eigenvalue weighted by Crippen LogP contribution is 2.24. The molecule has 0 aromatic heterocycles. The minimum absolute atomic E-state index is 0. The van der Waals surface area contributed by atoms with Crippen molar-refractivity contribution in [3.05, 3.63) is 71.3 Å². The van der Waals surface area contributed by atoms with Crippen molar-refractivity contribution < 1.29 is 13.6 Å². The Morgan fingerprint density at radius 2 is 1.42 bits per heavy atom. The van der Waals surface area contributed by atoms with E-state index in [1.807, 2.05) is 0 Å².